The number of aromatic nitrogens is 6. The highest BCUT2D eigenvalue weighted by molar-refractivity contribution is 6.01. The van der Waals surface area contributed by atoms with E-state index in [1.54, 1.807) is 4.68 Å². The van der Waals surface area contributed by atoms with Gasteiger partial charge in [0.2, 0.25) is 0 Å². The monoisotopic (exact) mass is 464 g/mol. The van der Waals surface area contributed by atoms with Crippen LogP contribution in [0.25, 0.3) is 17.1 Å². The minimum absolute atomic E-state index is 0.145. The first-order valence-corrected chi connectivity index (χ1v) is 11.8. The lowest BCUT2D eigenvalue weighted by molar-refractivity contribution is 0.0994. The largest absolute Gasteiger partial charge is 0.325 e. The molecule has 9 heteroatoms. The molecule has 3 heterocycles. The van der Waals surface area contributed by atoms with E-state index in [-0.39, 0.29) is 5.78 Å². The molecule has 0 spiro atoms. The number of carbonyl (C=O) groups is 1. The van der Waals surface area contributed by atoms with Crippen molar-refractivity contribution >= 4 is 17.4 Å². The Bertz CT molecular complexity index is 1500. The predicted molar refractivity (Wildman–Crippen MR) is 130 cm³/mol. The van der Waals surface area contributed by atoms with Crippen molar-refractivity contribution in [1.29, 1.82) is 5.26 Å². The number of nitrogens with zero attached hydrogens (tertiary/aromatic N) is 7. The van der Waals surface area contributed by atoms with Crippen LogP contribution in [0.15, 0.2) is 36.7 Å². The van der Waals surface area contributed by atoms with Crippen LogP contribution in [0.4, 0.5) is 11.6 Å². The number of Topliss-reactive ketones (excluding diaryl/α,β-unsaturated/α-hetero) is 1. The Morgan fingerprint density at radius 3 is 2.66 bits per heavy atom. The second-order valence-corrected chi connectivity index (χ2v) is 9.27. The Morgan fingerprint density at radius 2 is 1.91 bits per heavy atom. The van der Waals surface area contributed by atoms with E-state index in [1.165, 1.54) is 19.2 Å². The fourth-order valence-corrected chi connectivity index (χ4v) is 4.73. The lowest BCUT2D eigenvalue weighted by atomic mass is 10.1. The highest BCUT2D eigenvalue weighted by atomic mass is 16.1. The molecular formula is C26H24N8O. The van der Waals surface area contributed by atoms with Crippen molar-refractivity contribution in [3.05, 3.63) is 64.7 Å². The maximum Gasteiger partial charge on any atom is 0.166 e. The molecule has 2 aliphatic carbocycles. The van der Waals surface area contributed by atoms with Crippen LogP contribution in [0, 0.1) is 31.1 Å². The van der Waals surface area contributed by atoms with Gasteiger partial charge < -0.3 is 5.32 Å². The number of anilines is 2. The number of nitrogens with one attached hydrogen (secondary N) is 1. The molecule has 1 fully saturated rings. The molecule has 6 rings (SSSR count). The third kappa shape index (κ3) is 3.77. The summed E-state index contributed by atoms with van der Waals surface area (Å²) >= 11 is 0. The van der Waals surface area contributed by atoms with Gasteiger partial charge >= 0.3 is 0 Å². The number of hydrogen-bond donors (Lipinski definition) is 1. The van der Waals surface area contributed by atoms with E-state index >= 15 is 0 Å². The number of carbonyl (C=O) groups excluding carboxylic acids is 1. The Labute approximate surface area is 202 Å². The van der Waals surface area contributed by atoms with Gasteiger partial charge in [0.15, 0.2) is 11.6 Å². The Hall–Kier alpha value is -4.32. The van der Waals surface area contributed by atoms with Gasteiger partial charge in [0.05, 0.1) is 34.3 Å². The molecule has 9 nitrogen and oxygen atoms in total. The minimum Gasteiger partial charge on any atom is -0.325 e. The first-order chi connectivity index (χ1) is 17.0. The second-order valence-electron chi connectivity index (χ2n) is 9.27. The van der Waals surface area contributed by atoms with Crippen LogP contribution in [0.3, 0.4) is 0 Å². The van der Waals surface area contributed by atoms with E-state index in [2.05, 4.69) is 26.5 Å². The Morgan fingerprint density at radius 1 is 1.11 bits per heavy atom. The zero-order valence-corrected chi connectivity index (χ0v) is 19.6. The van der Waals surface area contributed by atoms with Gasteiger partial charge in [-0.3, -0.25) is 4.79 Å². The summed E-state index contributed by atoms with van der Waals surface area (Å²) in [6.07, 6.45) is 5.12. The molecule has 0 atom stereocenters. The van der Waals surface area contributed by atoms with Gasteiger partial charge in [0.25, 0.3) is 0 Å². The number of aryl methyl sites for hydroxylation is 1. The molecule has 1 saturated carbocycles. The van der Waals surface area contributed by atoms with Gasteiger partial charge in [0.1, 0.15) is 18.0 Å². The normalized spacial score (nSPS) is 14.7. The molecule has 2 aliphatic rings. The fraction of sp³-hybridized carbons (Fsp3) is 0.308. The van der Waals surface area contributed by atoms with Gasteiger partial charge in [-0.05, 0) is 51.2 Å². The molecule has 0 radical (unpaired) electrons. The predicted octanol–water partition coefficient (Wildman–Crippen LogP) is 4.30. The summed E-state index contributed by atoms with van der Waals surface area (Å²) in [5.41, 5.74) is 5.86. The van der Waals surface area contributed by atoms with E-state index in [1.807, 2.05) is 48.9 Å². The SMILES string of the molecule is Cc1nn(-c2cc(Nc3c(C)c(-c4ccc(C#N)cc4)nn3CC3CC3)ncn2)c2c1C(=O)CC2. The summed E-state index contributed by atoms with van der Waals surface area (Å²) in [6, 6.07) is 11.5. The standard InChI is InChI=1S/C26H24N8O/c1-15-25(19-7-5-17(12-27)6-8-19)32-33(13-18-3-4-18)26(15)30-22-11-23(29-14-28-22)34-20-9-10-21(35)24(20)16(2)31-34/h5-8,11,14,18H,3-4,9-10,13H2,1-2H3,(H,28,29,30). The van der Waals surface area contributed by atoms with Gasteiger partial charge in [-0.2, -0.15) is 15.5 Å². The fourth-order valence-electron chi connectivity index (χ4n) is 4.73. The molecule has 0 amide bonds. The van der Waals surface area contributed by atoms with E-state index < -0.39 is 0 Å². The highest BCUT2D eigenvalue weighted by Gasteiger charge is 2.29. The third-order valence-electron chi connectivity index (χ3n) is 6.74. The summed E-state index contributed by atoms with van der Waals surface area (Å²) in [7, 11) is 0. The number of nitriles is 1. The van der Waals surface area contributed by atoms with E-state index in [4.69, 9.17) is 10.4 Å². The topological polar surface area (TPSA) is 114 Å². The Kier molecular flexibility index (Phi) is 4.95. The molecule has 0 aliphatic heterocycles. The maximum absolute atomic E-state index is 12.2. The molecule has 4 aromatic rings. The van der Waals surface area contributed by atoms with Crippen LogP contribution in [-0.2, 0) is 13.0 Å². The maximum atomic E-state index is 12.2. The lowest BCUT2D eigenvalue weighted by Gasteiger charge is -2.11. The van der Waals surface area contributed by atoms with Gasteiger partial charge in [-0.15, -0.1) is 0 Å². The molecule has 3 aromatic heterocycles. The molecule has 0 bridgehead atoms. The van der Waals surface area contributed by atoms with Crippen molar-refractivity contribution in [1.82, 2.24) is 29.5 Å². The van der Waals surface area contributed by atoms with Crippen LogP contribution in [0.2, 0.25) is 0 Å². The number of rotatable bonds is 6. The zero-order chi connectivity index (χ0) is 24.1. The molecule has 0 unspecified atom stereocenters. The summed E-state index contributed by atoms with van der Waals surface area (Å²) in [4.78, 5) is 21.1. The molecule has 0 saturated heterocycles. The van der Waals surface area contributed by atoms with Crippen LogP contribution >= 0.6 is 0 Å². The first-order valence-electron chi connectivity index (χ1n) is 11.8. The minimum atomic E-state index is 0.145. The van der Waals surface area contributed by atoms with Crippen molar-refractivity contribution in [2.75, 3.05) is 5.32 Å². The molecule has 1 N–H and O–H groups in total. The van der Waals surface area contributed by atoms with Crippen molar-refractivity contribution < 1.29 is 4.79 Å². The molecule has 35 heavy (non-hydrogen) atoms. The van der Waals surface area contributed by atoms with E-state index in [9.17, 15) is 4.79 Å². The van der Waals surface area contributed by atoms with Gasteiger partial charge in [-0.25, -0.2) is 19.3 Å². The van der Waals surface area contributed by atoms with E-state index in [0.717, 1.165) is 46.1 Å². The average molecular weight is 465 g/mol. The summed E-state index contributed by atoms with van der Waals surface area (Å²) in [6.45, 7) is 4.75. The number of benzene rings is 1. The Balaban J connectivity index is 1.36. The lowest BCUT2D eigenvalue weighted by Crippen LogP contribution is -2.09. The summed E-state index contributed by atoms with van der Waals surface area (Å²) in [5.74, 6) is 2.92. The number of ketones is 1. The van der Waals surface area contributed by atoms with Crippen molar-refractivity contribution in [2.45, 2.75) is 46.1 Å². The highest BCUT2D eigenvalue weighted by Crippen LogP contribution is 2.36. The third-order valence-corrected chi connectivity index (χ3v) is 6.74. The molecule has 174 valence electrons. The second kappa shape index (κ2) is 8.17. The van der Waals surface area contributed by atoms with Crippen LogP contribution in [-0.4, -0.2) is 35.3 Å². The van der Waals surface area contributed by atoms with Crippen molar-refractivity contribution in [2.24, 2.45) is 5.92 Å². The van der Waals surface area contributed by atoms with E-state index in [0.29, 0.717) is 36.0 Å². The molecule has 1 aromatic carbocycles. The van der Waals surface area contributed by atoms with Crippen LogP contribution < -0.4 is 5.32 Å². The summed E-state index contributed by atoms with van der Waals surface area (Å²) in [5, 5.41) is 22.1. The molecular weight excluding hydrogens is 440 g/mol. The van der Waals surface area contributed by atoms with Crippen LogP contribution in [0.1, 0.15) is 52.1 Å². The summed E-state index contributed by atoms with van der Waals surface area (Å²) < 4.78 is 3.79. The van der Waals surface area contributed by atoms with Gasteiger partial charge in [0, 0.05) is 30.2 Å². The quantitative estimate of drug-likeness (QED) is 0.452. The van der Waals surface area contributed by atoms with Gasteiger partial charge in [-0.1, -0.05) is 12.1 Å². The smallest absolute Gasteiger partial charge is 0.166 e. The average Bonchev–Trinajstić information content (AvgIpc) is 3.41. The van der Waals surface area contributed by atoms with Crippen molar-refractivity contribution in [3.8, 4) is 23.1 Å². The first kappa shape index (κ1) is 21.2. The van der Waals surface area contributed by atoms with Crippen LogP contribution in [0.5, 0.6) is 0 Å². The number of fused-ring (bicyclic) bond motifs is 1. The zero-order valence-electron chi connectivity index (χ0n) is 19.6. The number of hydrogen-bond acceptors (Lipinski definition) is 7. The van der Waals surface area contributed by atoms with Crippen molar-refractivity contribution in [3.63, 3.8) is 0 Å².